The SMILES string of the molecule is C[C@](N)(/C=C/c1ccccc1)C(=O)O. The molecule has 0 fully saturated rings. The van der Waals surface area contributed by atoms with Crippen LogP contribution in [0.15, 0.2) is 36.4 Å². The molecule has 3 N–H and O–H groups in total. The minimum atomic E-state index is -1.31. The largest absolute Gasteiger partial charge is 0.480 e. The lowest BCUT2D eigenvalue weighted by Crippen LogP contribution is -2.42. The predicted molar refractivity (Wildman–Crippen MR) is 55.7 cm³/mol. The van der Waals surface area contributed by atoms with Crippen LogP contribution in [0.1, 0.15) is 12.5 Å². The van der Waals surface area contributed by atoms with Gasteiger partial charge in [0.25, 0.3) is 0 Å². The molecule has 74 valence electrons. The smallest absolute Gasteiger partial charge is 0.327 e. The highest BCUT2D eigenvalue weighted by Crippen LogP contribution is 2.07. The van der Waals surface area contributed by atoms with Crippen LogP contribution in [0.3, 0.4) is 0 Å². The Morgan fingerprint density at radius 3 is 2.50 bits per heavy atom. The fourth-order valence-electron chi connectivity index (χ4n) is 0.905. The molecule has 0 amide bonds. The van der Waals surface area contributed by atoms with Crippen molar-refractivity contribution in [3.8, 4) is 0 Å². The first-order chi connectivity index (χ1) is 6.52. The van der Waals surface area contributed by atoms with Crippen LogP contribution in [-0.4, -0.2) is 16.6 Å². The summed E-state index contributed by atoms with van der Waals surface area (Å²) in [5, 5.41) is 8.74. The van der Waals surface area contributed by atoms with E-state index in [0.29, 0.717) is 0 Å². The van der Waals surface area contributed by atoms with Crippen molar-refractivity contribution in [2.75, 3.05) is 0 Å². The number of carboxylic acids is 1. The van der Waals surface area contributed by atoms with Crippen molar-refractivity contribution < 1.29 is 9.90 Å². The Labute approximate surface area is 82.9 Å². The van der Waals surface area contributed by atoms with Crippen molar-refractivity contribution in [2.45, 2.75) is 12.5 Å². The van der Waals surface area contributed by atoms with Crippen LogP contribution < -0.4 is 5.73 Å². The monoisotopic (exact) mass is 191 g/mol. The minimum Gasteiger partial charge on any atom is -0.480 e. The number of carboxylic acid groups (broad SMARTS) is 1. The maximum atomic E-state index is 10.7. The lowest BCUT2D eigenvalue weighted by Gasteiger charge is -2.12. The maximum Gasteiger partial charge on any atom is 0.327 e. The number of hydrogen-bond donors (Lipinski definition) is 2. The molecule has 0 aliphatic heterocycles. The molecule has 0 radical (unpaired) electrons. The third kappa shape index (κ3) is 2.71. The minimum absolute atomic E-state index is 0.936. The Morgan fingerprint density at radius 1 is 1.43 bits per heavy atom. The third-order valence-corrected chi connectivity index (χ3v) is 1.88. The standard InChI is InChI=1S/C11H13NO2/c1-11(12,10(13)14)8-7-9-5-3-2-4-6-9/h2-8H,12H2,1H3,(H,13,14)/b8-7+/t11-/m0/s1. The molecule has 1 rings (SSSR count). The normalized spacial score (nSPS) is 15.3. The van der Waals surface area contributed by atoms with Gasteiger partial charge < -0.3 is 10.8 Å². The Hall–Kier alpha value is -1.61. The summed E-state index contributed by atoms with van der Waals surface area (Å²) in [4.78, 5) is 10.7. The van der Waals surface area contributed by atoms with E-state index in [0.717, 1.165) is 5.56 Å². The molecule has 0 heterocycles. The van der Waals surface area contributed by atoms with Gasteiger partial charge in [0.2, 0.25) is 0 Å². The summed E-state index contributed by atoms with van der Waals surface area (Å²) < 4.78 is 0. The zero-order valence-corrected chi connectivity index (χ0v) is 7.97. The van der Waals surface area contributed by atoms with Gasteiger partial charge in [-0.15, -0.1) is 0 Å². The predicted octanol–water partition coefficient (Wildman–Crippen LogP) is 1.50. The van der Waals surface area contributed by atoms with E-state index in [9.17, 15) is 4.79 Å². The van der Waals surface area contributed by atoms with E-state index in [4.69, 9.17) is 10.8 Å². The molecule has 0 aromatic heterocycles. The summed E-state index contributed by atoms with van der Waals surface area (Å²) in [5.41, 5.74) is 5.15. The van der Waals surface area contributed by atoms with Gasteiger partial charge in [-0.3, -0.25) is 0 Å². The molecule has 0 unspecified atom stereocenters. The Morgan fingerprint density at radius 2 is 2.00 bits per heavy atom. The van der Waals surface area contributed by atoms with E-state index in [-0.39, 0.29) is 0 Å². The Kier molecular flexibility index (Phi) is 3.04. The van der Waals surface area contributed by atoms with Crippen LogP contribution in [0, 0.1) is 0 Å². The summed E-state index contributed by atoms with van der Waals surface area (Å²) in [6.45, 7) is 1.45. The quantitative estimate of drug-likeness (QED) is 0.761. The van der Waals surface area contributed by atoms with Crippen LogP contribution in [0.25, 0.3) is 6.08 Å². The average molecular weight is 191 g/mol. The van der Waals surface area contributed by atoms with Crippen LogP contribution in [0.4, 0.5) is 0 Å². The molecule has 0 aliphatic rings. The lowest BCUT2D eigenvalue weighted by molar-refractivity contribution is -0.140. The van der Waals surface area contributed by atoms with Crippen LogP contribution in [0.5, 0.6) is 0 Å². The third-order valence-electron chi connectivity index (χ3n) is 1.88. The number of benzene rings is 1. The van der Waals surface area contributed by atoms with E-state index in [1.54, 1.807) is 6.08 Å². The number of aliphatic carboxylic acids is 1. The van der Waals surface area contributed by atoms with Crippen LogP contribution in [-0.2, 0) is 4.79 Å². The van der Waals surface area contributed by atoms with Crippen molar-refractivity contribution in [1.29, 1.82) is 0 Å². The van der Waals surface area contributed by atoms with Crippen LogP contribution in [0.2, 0.25) is 0 Å². The lowest BCUT2D eigenvalue weighted by atomic mass is 10.0. The van der Waals surface area contributed by atoms with Gasteiger partial charge in [0.05, 0.1) is 0 Å². The van der Waals surface area contributed by atoms with E-state index in [1.807, 2.05) is 30.3 Å². The van der Waals surface area contributed by atoms with Crippen molar-refractivity contribution in [3.05, 3.63) is 42.0 Å². The Balaban J connectivity index is 2.79. The topological polar surface area (TPSA) is 63.3 Å². The summed E-state index contributed by atoms with van der Waals surface area (Å²) in [5.74, 6) is -1.04. The first-order valence-corrected chi connectivity index (χ1v) is 4.29. The summed E-state index contributed by atoms with van der Waals surface area (Å²) in [6.07, 6.45) is 3.18. The molecule has 0 spiro atoms. The molecule has 14 heavy (non-hydrogen) atoms. The fourth-order valence-corrected chi connectivity index (χ4v) is 0.905. The first kappa shape index (κ1) is 10.5. The molecule has 0 saturated carbocycles. The van der Waals surface area contributed by atoms with Crippen molar-refractivity contribution in [2.24, 2.45) is 5.73 Å². The second-order valence-corrected chi connectivity index (χ2v) is 3.33. The van der Waals surface area contributed by atoms with Gasteiger partial charge in [-0.25, -0.2) is 4.79 Å². The maximum absolute atomic E-state index is 10.7. The van der Waals surface area contributed by atoms with Gasteiger partial charge in [-0.05, 0) is 12.5 Å². The Bertz CT molecular complexity index is 342. The number of nitrogens with two attached hydrogens (primary N) is 1. The molecule has 0 aliphatic carbocycles. The number of carbonyl (C=O) groups is 1. The van der Waals surface area contributed by atoms with Crippen molar-refractivity contribution in [3.63, 3.8) is 0 Å². The summed E-state index contributed by atoms with van der Waals surface area (Å²) >= 11 is 0. The first-order valence-electron chi connectivity index (χ1n) is 4.29. The zero-order valence-electron chi connectivity index (χ0n) is 7.97. The molecule has 3 nitrogen and oxygen atoms in total. The molecular weight excluding hydrogens is 178 g/mol. The molecule has 1 atom stereocenters. The average Bonchev–Trinajstić information content (AvgIpc) is 2.16. The van der Waals surface area contributed by atoms with Crippen molar-refractivity contribution in [1.82, 2.24) is 0 Å². The van der Waals surface area contributed by atoms with Gasteiger partial charge in [0.1, 0.15) is 5.54 Å². The fraction of sp³-hybridized carbons (Fsp3) is 0.182. The molecule has 3 heteroatoms. The zero-order chi connectivity index (χ0) is 10.6. The summed E-state index contributed by atoms with van der Waals surface area (Å²) in [7, 11) is 0. The van der Waals surface area contributed by atoms with Crippen LogP contribution >= 0.6 is 0 Å². The van der Waals surface area contributed by atoms with E-state index >= 15 is 0 Å². The number of rotatable bonds is 3. The second-order valence-electron chi connectivity index (χ2n) is 3.33. The van der Waals surface area contributed by atoms with Gasteiger partial charge >= 0.3 is 5.97 Å². The molecule has 1 aromatic carbocycles. The van der Waals surface area contributed by atoms with Gasteiger partial charge in [0.15, 0.2) is 0 Å². The summed E-state index contributed by atoms with van der Waals surface area (Å²) in [6, 6.07) is 9.43. The molecule has 0 bridgehead atoms. The molecular formula is C11H13NO2. The van der Waals surface area contributed by atoms with Gasteiger partial charge in [-0.1, -0.05) is 42.5 Å². The van der Waals surface area contributed by atoms with Crippen molar-refractivity contribution >= 4 is 12.0 Å². The van der Waals surface area contributed by atoms with E-state index in [2.05, 4.69) is 0 Å². The van der Waals surface area contributed by atoms with E-state index < -0.39 is 11.5 Å². The highest BCUT2D eigenvalue weighted by molar-refractivity contribution is 5.82. The highest BCUT2D eigenvalue weighted by Gasteiger charge is 2.23. The van der Waals surface area contributed by atoms with E-state index in [1.165, 1.54) is 13.0 Å². The van der Waals surface area contributed by atoms with Gasteiger partial charge in [0, 0.05) is 0 Å². The number of hydrogen-bond acceptors (Lipinski definition) is 2. The highest BCUT2D eigenvalue weighted by atomic mass is 16.4. The molecule has 0 saturated heterocycles. The van der Waals surface area contributed by atoms with Gasteiger partial charge in [-0.2, -0.15) is 0 Å². The second kappa shape index (κ2) is 4.07. The molecule has 1 aromatic rings.